The lowest BCUT2D eigenvalue weighted by atomic mass is 10.0. The van der Waals surface area contributed by atoms with Crippen LogP contribution in [0.5, 0.6) is 5.75 Å². The van der Waals surface area contributed by atoms with Crippen molar-refractivity contribution >= 4 is 5.91 Å². The fourth-order valence-corrected chi connectivity index (χ4v) is 3.52. The molecule has 1 heterocycles. The van der Waals surface area contributed by atoms with Gasteiger partial charge in [0.15, 0.2) is 0 Å². The number of methoxy groups -OCH3 is 1. The van der Waals surface area contributed by atoms with Crippen molar-refractivity contribution in [1.82, 2.24) is 10.2 Å². The highest BCUT2D eigenvalue weighted by atomic mass is 16.5. The molecule has 5 nitrogen and oxygen atoms in total. The van der Waals surface area contributed by atoms with Crippen molar-refractivity contribution in [2.24, 2.45) is 0 Å². The quantitative estimate of drug-likeness (QED) is 0.763. The summed E-state index contributed by atoms with van der Waals surface area (Å²) in [7, 11) is 1.64. The summed E-state index contributed by atoms with van der Waals surface area (Å²) in [6.45, 7) is 6.00. The van der Waals surface area contributed by atoms with Crippen LogP contribution in [0.3, 0.4) is 0 Å². The first-order valence-electron chi connectivity index (χ1n) is 10.00. The number of hydrogen-bond acceptors (Lipinski definition) is 4. The van der Waals surface area contributed by atoms with E-state index in [9.17, 15) is 4.79 Å². The van der Waals surface area contributed by atoms with Gasteiger partial charge in [-0.2, -0.15) is 0 Å². The van der Waals surface area contributed by atoms with Crippen LogP contribution in [0, 0.1) is 0 Å². The van der Waals surface area contributed by atoms with E-state index in [2.05, 4.69) is 41.4 Å². The van der Waals surface area contributed by atoms with Crippen molar-refractivity contribution in [3.8, 4) is 5.75 Å². The van der Waals surface area contributed by atoms with Gasteiger partial charge in [-0.3, -0.25) is 9.69 Å². The van der Waals surface area contributed by atoms with Crippen LogP contribution < -0.4 is 10.1 Å². The number of aryl methyl sites for hydroxylation is 1. The second kappa shape index (κ2) is 10.2. The zero-order chi connectivity index (χ0) is 19.8. The van der Waals surface area contributed by atoms with Crippen LogP contribution in [-0.4, -0.2) is 50.8 Å². The normalized spacial score (nSPS) is 15.8. The van der Waals surface area contributed by atoms with E-state index in [1.807, 2.05) is 24.3 Å². The van der Waals surface area contributed by atoms with Gasteiger partial charge in [-0.15, -0.1) is 0 Å². The molecule has 3 rings (SSSR count). The maximum absolute atomic E-state index is 12.5. The maximum atomic E-state index is 12.5. The molecule has 1 amide bonds. The van der Waals surface area contributed by atoms with Crippen molar-refractivity contribution in [1.29, 1.82) is 0 Å². The summed E-state index contributed by atoms with van der Waals surface area (Å²) in [5.74, 6) is 0.834. The highest BCUT2D eigenvalue weighted by molar-refractivity contribution is 5.78. The molecule has 2 aromatic rings. The lowest BCUT2D eigenvalue weighted by Gasteiger charge is -2.35. The molecule has 1 aliphatic heterocycles. The van der Waals surface area contributed by atoms with Gasteiger partial charge in [0.2, 0.25) is 5.91 Å². The Morgan fingerprint density at radius 3 is 2.32 bits per heavy atom. The number of morpholine rings is 1. The molecule has 5 heteroatoms. The Morgan fingerprint density at radius 1 is 1.07 bits per heavy atom. The summed E-state index contributed by atoms with van der Waals surface area (Å²) in [6.07, 6.45) is 1.40. The van der Waals surface area contributed by atoms with E-state index in [0.717, 1.165) is 44.0 Å². The van der Waals surface area contributed by atoms with Gasteiger partial charge in [0.1, 0.15) is 5.75 Å². The minimum absolute atomic E-state index is 0.0357. The molecule has 0 aromatic heterocycles. The predicted octanol–water partition coefficient (Wildman–Crippen LogP) is 2.99. The molecular formula is C23H30N2O3. The molecule has 1 aliphatic rings. The number of rotatable bonds is 8. The van der Waals surface area contributed by atoms with Crippen LogP contribution in [0.15, 0.2) is 48.5 Å². The summed E-state index contributed by atoms with van der Waals surface area (Å²) in [6, 6.07) is 16.5. The Morgan fingerprint density at radius 2 is 1.71 bits per heavy atom. The first-order chi connectivity index (χ1) is 13.7. The zero-order valence-corrected chi connectivity index (χ0v) is 16.8. The zero-order valence-electron chi connectivity index (χ0n) is 16.8. The molecule has 2 aromatic carbocycles. The molecule has 150 valence electrons. The molecule has 1 atom stereocenters. The Hall–Kier alpha value is -2.37. The third-order valence-electron chi connectivity index (χ3n) is 5.28. The van der Waals surface area contributed by atoms with E-state index in [4.69, 9.17) is 9.47 Å². The van der Waals surface area contributed by atoms with Gasteiger partial charge >= 0.3 is 0 Å². The fourth-order valence-electron chi connectivity index (χ4n) is 3.52. The summed E-state index contributed by atoms with van der Waals surface area (Å²) in [5.41, 5.74) is 3.55. The molecule has 28 heavy (non-hydrogen) atoms. The standard InChI is InChI=1S/C23H30N2O3/c1-3-18-4-8-20(9-5-18)22(25-12-14-28-15-13-25)17-24-23(26)16-19-6-10-21(27-2)11-7-19/h4-11,22H,3,12-17H2,1-2H3,(H,24,26). The highest BCUT2D eigenvalue weighted by Gasteiger charge is 2.23. The summed E-state index contributed by atoms with van der Waals surface area (Å²) in [5, 5.41) is 3.13. The number of carbonyl (C=O) groups is 1. The number of amides is 1. The lowest BCUT2D eigenvalue weighted by molar-refractivity contribution is -0.120. The van der Waals surface area contributed by atoms with Crippen LogP contribution in [0.4, 0.5) is 0 Å². The number of carbonyl (C=O) groups excluding carboxylic acids is 1. The van der Waals surface area contributed by atoms with Crippen molar-refractivity contribution in [2.45, 2.75) is 25.8 Å². The first-order valence-corrected chi connectivity index (χ1v) is 10.00. The summed E-state index contributed by atoms with van der Waals surface area (Å²) in [4.78, 5) is 14.9. The molecule has 0 bridgehead atoms. The Bertz CT molecular complexity index is 737. The van der Waals surface area contributed by atoms with Crippen molar-refractivity contribution in [2.75, 3.05) is 40.0 Å². The Balaban J connectivity index is 1.63. The molecule has 0 saturated carbocycles. The van der Waals surface area contributed by atoms with E-state index in [0.29, 0.717) is 13.0 Å². The SMILES string of the molecule is CCc1ccc(C(CNC(=O)Cc2ccc(OC)cc2)N2CCOCC2)cc1. The molecule has 1 fully saturated rings. The largest absolute Gasteiger partial charge is 0.497 e. The number of hydrogen-bond donors (Lipinski definition) is 1. The average Bonchev–Trinajstić information content (AvgIpc) is 2.75. The van der Waals surface area contributed by atoms with E-state index in [1.165, 1.54) is 11.1 Å². The first kappa shape index (κ1) is 20.4. The van der Waals surface area contributed by atoms with Gasteiger partial charge in [-0.05, 0) is 35.2 Å². The average molecular weight is 383 g/mol. The monoisotopic (exact) mass is 382 g/mol. The molecule has 0 spiro atoms. The van der Waals surface area contributed by atoms with E-state index in [1.54, 1.807) is 7.11 Å². The van der Waals surface area contributed by atoms with Gasteiger partial charge in [-0.25, -0.2) is 0 Å². The minimum Gasteiger partial charge on any atom is -0.497 e. The van der Waals surface area contributed by atoms with Crippen LogP contribution >= 0.6 is 0 Å². The van der Waals surface area contributed by atoms with Crippen molar-refractivity contribution in [3.63, 3.8) is 0 Å². The van der Waals surface area contributed by atoms with Gasteiger partial charge in [0.05, 0.1) is 32.8 Å². The van der Waals surface area contributed by atoms with Crippen LogP contribution in [0.1, 0.15) is 29.7 Å². The van der Waals surface area contributed by atoms with Gasteiger partial charge in [0.25, 0.3) is 0 Å². The van der Waals surface area contributed by atoms with E-state index >= 15 is 0 Å². The Kier molecular flexibility index (Phi) is 7.46. The van der Waals surface area contributed by atoms with Gasteiger partial charge in [-0.1, -0.05) is 43.3 Å². The number of nitrogens with zero attached hydrogens (tertiary/aromatic N) is 1. The minimum atomic E-state index is 0.0357. The highest BCUT2D eigenvalue weighted by Crippen LogP contribution is 2.22. The second-order valence-electron chi connectivity index (χ2n) is 7.09. The summed E-state index contributed by atoms with van der Waals surface area (Å²) >= 11 is 0. The number of nitrogens with one attached hydrogen (secondary N) is 1. The third-order valence-corrected chi connectivity index (χ3v) is 5.28. The molecule has 1 unspecified atom stereocenters. The molecule has 0 radical (unpaired) electrons. The smallest absolute Gasteiger partial charge is 0.224 e. The van der Waals surface area contributed by atoms with E-state index in [-0.39, 0.29) is 11.9 Å². The Labute approximate surface area is 167 Å². The van der Waals surface area contributed by atoms with Crippen molar-refractivity contribution in [3.05, 3.63) is 65.2 Å². The maximum Gasteiger partial charge on any atom is 0.224 e. The molecule has 1 N–H and O–H groups in total. The van der Waals surface area contributed by atoms with Crippen LogP contribution in [0.2, 0.25) is 0 Å². The van der Waals surface area contributed by atoms with E-state index < -0.39 is 0 Å². The van der Waals surface area contributed by atoms with Gasteiger partial charge in [0, 0.05) is 19.6 Å². The molecule has 0 aliphatic carbocycles. The van der Waals surface area contributed by atoms with Crippen molar-refractivity contribution < 1.29 is 14.3 Å². The topological polar surface area (TPSA) is 50.8 Å². The molecular weight excluding hydrogens is 352 g/mol. The van der Waals surface area contributed by atoms with Gasteiger partial charge < -0.3 is 14.8 Å². The third kappa shape index (κ3) is 5.57. The predicted molar refractivity (Wildman–Crippen MR) is 111 cm³/mol. The number of benzene rings is 2. The fraction of sp³-hybridized carbons (Fsp3) is 0.435. The number of ether oxygens (including phenoxy) is 2. The summed E-state index contributed by atoms with van der Waals surface area (Å²) < 4.78 is 10.7. The molecule has 1 saturated heterocycles. The lowest BCUT2D eigenvalue weighted by Crippen LogP contribution is -2.44. The van der Waals surface area contributed by atoms with Crippen LogP contribution in [0.25, 0.3) is 0 Å². The van der Waals surface area contributed by atoms with Crippen LogP contribution in [-0.2, 0) is 22.4 Å². The second-order valence-corrected chi connectivity index (χ2v) is 7.09.